The van der Waals surface area contributed by atoms with Crippen LogP contribution >= 0.6 is 38.9 Å². The summed E-state index contributed by atoms with van der Waals surface area (Å²) in [5.41, 5.74) is 7.73. The van der Waals surface area contributed by atoms with Crippen molar-refractivity contribution in [3.05, 3.63) is 38.3 Å². The van der Waals surface area contributed by atoms with E-state index in [2.05, 4.69) is 20.9 Å². The molecule has 1 aromatic carbocycles. The maximum atomic E-state index is 5.97. The van der Waals surface area contributed by atoms with Crippen LogP contribution in [0.2, 0.25) is 5.02 Å². The van der Waals surface area contributed by atoms with Crippen LogP contribution < -0.4 is 5.73 Å². The van der Waals surface area contributed by atoms with Crippen LogP contribution in [0.1, 0.15) is 10.6 Å². The summed E-state index contributed by atoms with van der Waals surface area (Å²) in [6, 6.07) is 5.85. The van der Waals surface area contributed by atoms with Crippen LogP contribution in [0.15, 0.2) is 22.7 Å². The lowest BCUT2D eigenvalue weighted by molar-refractivity contribution is 0.970. The van der Waals surface area contributed by atoms with E-state index in [1.807, 2.05) is 25.1 Å². The van der Waals surface area contributed by atoms with Gasteiger partial charge in [0.15, 0.2) is 0 Å². The van der Waals surface area contributed by atoms with Crippen LogP contribution in [0.3, 0.4) is 0 Å². The smallest absolute Gasteiger partial charge is 0.123 e. The second kappa shape index (κ2) is 5.48. The number of nitrogens with two attached hydrogens (primary N) is 1. The summed E-state index contributed by atoms with van der Waals surface area (Å²) in [6.45, 7) is 2.68. The maximum absolute atomic E-state index is 5.97. The summed E-state index contributed by atoms with van der Waals surface area (Å²) in [6.07, 6.45) is 0.887. The molecule has 0 aliphatic rings. The first-order chi connectivity index (χ1) is 8.11. The van der Waals surface area contributed by atoms with Crippen LogP contribution in [0.5, 0.6) is 0 Å². The average molecular weight is 332 g/mol. The van der Waals surface area contributed by atoms with Gasteiger partial charge >= 0.3 is 0 Å². The molecule has 0 saturated carbocycles. The molecule has 1 heterocycles. The highest BCUT2D eigenvalue weighted by Gasteiger charge is 2.09. The second-order valence-electron chi connectivity index (χ2n) is 3.70. The summed E-state index contributed by atoms with van der Waals surface area (Å²) >= 11 is 11.1. The summed E-state index contributed by atoms with van der Waals surface area (Å²) < 4.78 is 0.893. The molecular formula is C12H12BrClN2S. The Balaban J connectivity index is 2.39. The van der Waals surface area contributed by atoms with Crippen molar-refractivity contribution in [3.8, 4) is 10.6 Å². The average Bonchev–Trinajstić information content (AvgIpc) is 2.65. The van der Waals surface area contributed by atoms with E-state index in [1.165, 1.54) is 4.88 Å². The Bertz CT molecular complexity index is 539. The summed E-state index contributed by atoms with van der Waals surface area (Å²) in [5.74, 6) is 0. The SMILES string of the molecule is Cc1nc(-c2ccc(Cl)c(Br)c2)sc1CCN. The van der Waals surface area contributed by atoms with Gasteiger partial charge in [-0.25, -0.2) is 4.98 Å². The van der Waals surface area contributed by atoms with Gasteiger partial charge in [-0.15, -0.1) is 11.3 Å². The van der Waals surface area contributed by atoms with E-state index < -0.39 is 0 Å². The molecule has 0 amide bonds. The van der Waals surface area contributed by atoms with E-state index in [4.69, 9.17) is 17.3 Å². The van der Waals surface area contributed by atoms with Crippen molar-refractivity contribution in [3.63, 3.8) is 0 Å². The first-order valence-electron chi connectivity index (χ1n) is 5.23. The standard InChI is InChI=1S/C12H12BrClN2S/c1-7-11(4-5-15)17-12(16-7)8-2-3-10(14)9(13)6-8/h2-3,6H,4-5,15H2,1H3. The predicted molar refractivity (Wildman–Crippen MR) is 77.8 cm³/mol. The summed E-state index contributed by atoms with van der Waals surface area (Å²) in [5, 5.41) is 1.73. The highest BCUT2D eigenvalue weighted by molar-refractivity contribution is 9.10. The minimum atomic E-state index is 0.660. The molecule has 5 heteroatoms. The first-order valence-corrected chi connectivity index (χ1v) is 7.22. The number of thiazole rings is 1. The molecular weight excluding hydrogens is 320 g/mol. The second-order valence-corrected chi connectivity index (χ2v) is 6.04. The van der Waals surface area contributed by atoms with E-state index in [0.29, 0.717) is 11.6 Å². The molecule has 2 nitrogen and oxygen atoms in total. The molecule has 17 heavy (non-hydrogen) atoms. The highest BCUT2D eigenvalue weighted by atomic mass is 79.9. The predicted octanol–water partition coefficient (Wildman–Crippen LogP) is 4.04. The van der Waals surface area contributed by atoms with Gasteiger partial charge in [0.05, 0.1) is 10.7 Å². The van der Waals surface area contributed by atoms with Crippen molar-refractivity contribution in [2.75, 3.05) is 6.54 Å². The van der Waals surface area contributed by atoms with Gasteiger partial charge < -0.3 is 5.73 Å². The number of halogens is 2. The van der Waals surface area contributed by atoms with Crippen molar-refractivity contribution in [1.82, 2.24) is 4.98 Å². The van der Waals surface area contributed by atoms with E-state index in [9.17, 15) is 0 Å². The largest absolute Gasteiger partial charge is 0.330 e. The topological polar surface area (TPSA) is 38.9 Å². The van der Waals surface area contributed by atoms with E-state index >= 15 is 0 Å². The van der Waals surface area contributed by atoms with Gasteiger partial charge in [-0.05, 0) is 48.0 Å². The lowest BCUT2D eigenvalue weighted by Gasteiger charge is -1.99. The van der Waals surface area contributed by atoms with Crippen LogP contribution in [0.25, 0.3) is 10.6 Å². The fraction of sp³-hybridized carbons (Fsp3) is 0.250. The number of benzene rings is 1. The Morgan fingerprint density at radius 3 is 2.88 bits per heavy atom. The van der Waals surface area contributed by atoms with Gasteiger partial charge in [-0.3, -0.25) is 0 Å². The van der Waals surface area contributed by atoms with Crippen molar-refractivity contribution < 1.29 is 0 Å². The molecule has 90 valence electrons. The molecule has 0 aliphatic heterocycles. The monoisotopic (exact) mass is 330 g/mol. The third-order valence-corrected chi connectivity index (χ3v) is 4.91. The minimum Gasteiger partial charge on any atom is -0.330 e. The van der Waals surface area contributed by atoms with Crippen LogP contribution in [-0.2, 0) is 6.42 Å². The zero-order chi connectivity index (χ0) is 12.4. The van der Waals surface area contributed by atoms with Crippen molar-refractivity contribution in [1.29, 1.82) is 0 Å². The number of hydrogen-bond acceptors (Lipinski definition) is 3. The molecule has 1 aromatic heterocycles. The third-order valence-electron chi connectivity index (χ3n) is 2.43. The molecule has 2 N–H and O–H groups in total. The van der Waals surface area contributed by atoms with Crippen molar-refractivity contribution in [2.24, 2.45) is 5.73 Å². The Kier molecular flexibility index (Phi) is 4.20. The molecule has 0 bridgehead atoms. The van der Waals surface area contributed by atoms with Crippen LogP contribution in [0.4, 0.5) is 0 Å². The quantitative estimate of drug-likeness (QED) is 0.922. The molecule has 2 aromatic rings. The van der Waals surface area contributed by atoms with Gasteiger partial charge in [0.25, 0.3) is 0 Å². The third kappa shape index (κ3) is 2.88. The zero-order valence-corrected chi connectivity index (χ0v) is 12.5. The minimum absolute atomic E-state index is 0.660. The fourth-order valence-corrected chi connectivity index (χ4v) is 3.11. The number of nitrogens with zero attached hydrogens (tertiary/aromatic N) is 1. The van der Waals surface area contributed by atoms with Gasteiger partial charge in [-0.2, -0.15) is 0 Å². The number of hydrogen-bond donors (Lipinski definition) is 1. The molecule has 0 unspecified atom stereocenters. The number of aromatic nitrogens is 1. The van der Waals surface area contributed by atoms with Crippen LogP contribution in [0, 0.1) is 6.92 Å². The lowest BCUT2D eigenvalue weighted by Crippen LogP contribution is -2.01. The zero-order valence-electron chi connectivity index (χ0n) is 9.34. The van der Waals surface area contributed by atoms with Crippen LogP contribution in [-0.4, -0.2) is 11.5 Å². The van der Waals surface area contributed by atoms with E-state index in [0.717, 1.165) is 27.2 Å². The Morgan fingerprint density at radius 1 is 1.47 bits per heavy atom. The lowest BCUT2D eigenvalue weighted by atomic mass is 10.2. The van der Waals surface area contributed by atoms with E-state index in [1.54, 1.807) is 11.3 Å². The Morgan fingerprint density at radius 2 is 2.24 bits per heavy atom. The maximum Gasteiger partial charge on any atom is 0.123 e. The molecule has 0 spiro atoms. The molecule has 2 rings (SSSR count). The first kappa shape index (κ1) is 13.0. The summed E-state index contributed by atoms with van der Waals surface area (Å²) in [4.78, 5) is 5.83. The molecule has 0 radical (unpaired) electrons. The Hall–Kier alpha value is -0.420. The van der Waals surface area contributed by atoms with Gasteiger partial charge in [0, 0.05) is 14.9 Å². The summed E-state index contributed by atoms with van der Waals surface area (Å²) in [7, 11) is 0. The molecule has 0 fully saturated rings. The molecule has 0 saturated heterocycles. The van der Waals surface area contributed by atoms with Gasteiger partial charge in [0.1, 0.15) is 5.01 Å². The van der Waals surface area contributed by atoms with Gasteiger partial charge in [-0.1, -0.05) is 17.7 Å². The van der Waals surface area contributed by atoms with E-state index in [-0.39, 0.29) is 0 Å². The molecule has 0 aliphatic carbocycles. The fourth-order valence-electron chi connectivity index (χ4n) is 1.54. The van der Waals surface area contributed by atoms with Crippen molar-refractivity contribution >= 4 is 38.9 Å². The molecule has 0 atom stereocenters. The van der Waals surface area contributed by atoms with Crippen molar-refractivity contribution in [2.45, 2.75) is 13.3 Å². The number of rotatable bonds is 3. The van der Waals surface area contributed by atoms with Gasteiger partial charge in [0.2, 0.25) is 0 Å². The Labute approximate surface area is 118 Å². The normalized spacial score (nSPS) is 10.8. The highest BCUT2D eigenvalue weighted by Crippen LogP contribution is 2.32. The number of aryl methyl sites for hydroxylation is 1.